The van der Waals surface area contributed by atoms with E-state index in [1.54, 1.807) is 6.08 Å². The Bertz CT molecular complexity index is 156. The molecule has 0 nitrogen and oxygen atoms in total. The van der Waals surface area contributed by atoms with Gasteiger partial charge >= 0.3 is 0 Å². The second-order valence-electron chi connectivity index (χ2n) is 3.48. The van der Waals surface area contributed by atoms with Crippen LogP contribution in [0.15, 0.2) is 11.9 Å². The van der Waals surface area contributed by atoms with Crippen molar-refractivity contribution in [2.24, 2.45) is 11.3 Å². The third kappa shape index (κ3) is 1.59. The van der Waals surface area contributed by atoms with E-state index in [2.05, 4.69) is 20.3 Å². The first-order valence-electron chi connectivity index (χ1n) is 3.78. The van der Waals surface area contributed by atoms with Gasteiger partial charge in [-0.3, -0.25) is 0 Å². The lowest BCUT2D eigenvalue weighted by Gasteiger charge is -1.96. The lowest BCUT2D eigenvalue weighted by Crippen LogP contribution is -1.86. The van der Waals surface area contributed by atoms with Gasteiger partial charge in [0.25, 0.3) is 0 Å². The first kappa shape index (κ1) is 7.77. The molecule has 1 fully saturated rings. The van der Waals surface area contributed by atoms with Crippen LogP contribution in [0.4, 0.5) is 4.39 Å². The summed E-state index contributed by atoms with van der Waals surface area (Å²) in [7, 11) is 0. The predicted molar refractivity (Wildman–Crippen MR) is 41.1 cm³/mol. The van der Waals surface area contributed by atoms with E-state index in [0.717, 1.165) is 0 Å². The highest BCUT2D eigenvalue weighted by molar-refractivity contribution is 5.22. The molecule has 1 unspecified atom stereocenters. The van der Waals surface area contributed by atoms with Gasteiger partial charge in [-0.15, -0.1) is 0 Å². The minimum absolute atomic E-state index is 0.0202. The second-order valence-corrected chi connectivity index (χ2v) is 3.48. The van der Waals surface area contributed by atoms with E-state index in [9.17, 15) is 4.39 Å². The van der Waals surface area contributed by atoms with E-state index < -0.39 is 0 Å². The van der Waals surface area contributed by atoms with Crippen LogP contribution in [0.1, 0.15) is 27.2 Å². The van der Waals surface area contributed by atoms with Crippen LogP contribution >= 0.6 is 0 Å². The largest absolute Gasteiger partial charge is 0.212 e. The topological polar surface area (TPSA) is 0 Å². The highest BCUT2D eigenvalue weighted by Gasteiger charge is 2.44. The normalized spacial score (nSPS) is 30.4. The highest BCUT2D eigenvalue weighted by Crippen LogP contribution is 2.51. The molecular weight excluding hydrogens is 127 g/mol. The zero-order chi connectivity index (χ0) is 7.78. The second kappa shape index (κ2) is 2.37. The van der Waals surface area contributed by atoms with E-state index in [0.29, 0.717) is 12.3 Å². The minimum atomic E-state index is 0.0202. The summed E-state index contributed by atoms with van der Waals surface area (Å²) in [5.74, 6) is 0.402. The van der Waals surface area contributed by atoms with Gasteiger partial charge in [0.2, 0.25) is 0 Å². The van der Waals surface area contributed by atoms with E-state index >= 15 is 0 Å². The van der Waals surface area contributed by atoms with Crippen molar-refractivity contribution in [1.82, 2.24) is 0 Å². The van der Waals surface area contributed by atoms with Gasteiger partial charge < -0.3 is 0 Å². The first-order chi connectivity index (χ1) is 4.56. The Balaban J connectivity index is 2.42. The lowest BCUT2D eigenvalue weighted by molar-refractivity contribution is 0.571. The maximum absolute atomic E-state index is 12.6. The Hall–Kier alpha value is -0.330. The molecule has 0 heterocycles. The van der Waals surface area contributed by atoms with Crippen LogP contribution in [0.5, 0.6) is 0 Å². The smallest absolute Gasteiger partial charge is 0.0960 e. The molecule has 0 saturated heterocycles. The van der Waals surface area contributed by atoms with Gasteiger partial charge in [0, 0.05) is 0 Å². The highest BCUT2D eigenvalue weighted by atomic mass is 19.1. The van der Waals surface area contributed by atoms with Crippen molar-refractivity contribution < 1.29 is 4.39 Å². The molecule has 0 aromatic heterocycles. The molecule has 57 valence electrons. The number of hydrogen-bond donors (Lipinski definition) is 0. The molecule has 0 aliphatic heterocycles. The van der Waals surface area contributed by atoms with Gasteiger partial charge in [0.1, 0.15) is 0 Å². The van der Waals surface area contributed by atoms with Gasteiger partial charge in [-0.05, 0) is 30.3 Å². The fourth-order valence-corrected chi connectivity index (χ4v) is 0.990. The summed E-state index contributed by atoms with van der Waals surface area (Å²) in [6.45, 7) is 6.08. The Morgan fingerprint density at radius 3 is 2.50 bits per heavy atom. The van der Waals surface area contributed by atoms with Crippen LogP contribution in [0.3, 0.4) is 0 Å². The summed E-state index contributed by atoms with van der Waals surface area (Å²) in [4.78, 5) is 0. The summed E-state index contributed by atoms with van der Waals surface area (Å²) in [6.07, 6.45) is 4.41. The van der Waals surface area contributed by atoms with Gasteiger partial charge in [-0.1, -0.05) is 20.8 Å². The van der Waals surface area contributed by atoms with E-state index in [-0.39, 0.29) is 11.2 Å². The summed E-state index contributed by atoms with van der Waals surface area (Å²) < 4.78 is 12.6. The van der Waals surface area contributed by atoms with Crippen LogP contribution in [0.25, 0.3) is 0 Å². The SMILES string of the molecule is CCC(F)=CC1[CH]C1(C)C. The predicted octanol–water partition coefficient (Wildman–Crippen LogP) is 3.11. The maximum Gasteiger partial charge on any atom is 0.0960 e. The van der Waals surface area contributed by atoms with Crippen molar-refractivity contribution in [3.8, 4) is 0 Å². The van der Waals surface area contributed by atoms with Crippen molar-refractivity contribution in [3.63, 3.8) is 0 Å². The van der Waals surface area contributed by atoms with Crippen molar-refractivity contribution in [2.45, 2.75) is 27.2 Å². The number of rotatable bonds is 2. The Labute approximate surface area is 62.1 Å². The lowest BCUT2D eigenvalue weighted by atomic mass is 10.1. The molecule has 0 aromatic rings. The Morgan fingerprint density at radius 2 is 2.20 bits per heavy atom. The van der Waals surface area contributed by atoms with Gasteiger partial charge in [-0.25, -0.2) is 4.39 Å². The third-order valence-electron chi connectivity index (χ3n) is 2.06. The summed E-state index contributed by atoms with van der Waals surface area (Å²) >= 11 is 0. The Morgan fingerprint density at radius 1 is 1.70 bits per heavy atom. The summed E-state index contributed by atoms with van der Waals surface area (Å²) in [5.41, 5.74) is 0.256. The van der Waals surface area contributed by atoms with Crippen molar-refractivity contribution in [1.29, 1.82) is 0 Å². The molecule has 0 bridgehead atoms. The zero-order valence-electron chi connectivity index (χ0n) is 6.82. The third-order valence-corrected chi connectivity index (χ3v) is 2.06. The number of hydrogen-bond acceptors (Lipinski definition) is 0. The van der Waals surface area contributed by atoms with E-state index in [4.69, 9.17) is 0 Å². The molecule has 0 spiro atoms. The van der Waals surface area contributed by atoms with Crippen molar-refractivity contribution >= 4 is 0 Å². The van der Waals surface area contributed by atoms with Crippen LogP contribution in [0, 0.1) is 17.8 Å². The molecule has 0 N–H and O–H groups in total. The standard InChI is InChI=1S/C9H14F/c1-4-8(10)5-7-6-9(7,2)3/h5-7H,4H2,1-3H3. The number of allylic oxidation sites excluding steroid dienone is 2. The average Bonchev–Trinajstić information content (AvgIpc) is 2.40. The molecule has 1 radical (unpaired) electrons. The monoisotopic (exact) mass is 141 g/mol. The fraction of sp³-hybridized carbons (Fsp3) is 0.667. The zero-order valence-corrected chi connectivity index (χ0v) is 6.82. The molecule has 1 rings (SSSR count). The minimum Gasteiger partial charge on any atom is -0.212 e. The molecule has 1 atom stereocenters. The Kier molecular flexibility index (Phi) is 1.84. The fourth-order valence-electron chi connectivity index (χ4n) is 0.990. The van der Waals surface area contributed by atoms with Crippen LogP contribution in [-0.4, -0.2) is 0 Å². The van der Waals surface area contributed by atoms with Gasteiger partial charge in [0.15, 0.2) is 0 Å². The van der Waals surface area contributed by atoms with Crippen LogP contribution < -0.4 is 0 Å². The quantitative estimate of drug-likeness (QED) is 0.554. The van der Waals surface area contributed by atoms with Crippen LogP contribution in [0.2, 0.25) is 0 Å². The van der Waals surface area contributed by atoms with E-state index in [1.807, 2.05) is 6.92 Å². The summed E-state index contributed by atoms with van der Waals surface area (Å²) in [6, 6.07) is 0. The molecule has 1 saturated carbocycles. The first-order valence-corrected chi connectivity index (χ1v) is 3.78. The summed E-state index contributed by atoms with van der Waals surface area (Å²) in [5, 5.41) is 0. The van der Waals surface area contributed by atoms with Crippen molar-refractivity contribution in [3.05, 3.63) is 18.3 Å². The molecule has 1 heteroatoms. The molecule has 0 aromatic carbocycles. The number of halogens is 1. The average molecular weight is 141 g/mol. The molecule has 10 heavy (non-hydrogen) atoms. The van der Waals surface area contributed by atoms with Crippen molar-refractivity contribution in [2.75, 3.05) is 0 Å². The van der Waals surface area contributed by atoms with E-state index in [1.165, 1.54) is 0 Å². The molecule has 1 aliphatic carbocycles. The molecular formula is C9H14F. The van der Waals surface area contributed by atoms with Crippen LogP contribution in [-0.2, 0) is 0 Å². The maximum atomic E-state index is 12.6. The van der Waals surface area contributed by atoms with Gasteiger partial charge in [0.05, 0.1) is 5.83 Å². The molecule has 0 amide bonds. The van der Waals surface area contributed by atoms with Gasteiger partial charge in [-0.2, -0.15) is 0 Å². The molecule has 1 aliphatic rings.